The number of nitrogens with one attached hydrogen (secondary N) is 1. The van der Waals surface area contributed by atoms with Gasteiger partial charge in [0, 0.05) is 11.4 Å². The number of hydrogen-bond donors (Lipinski definition) is 2. The highest BCUT2D eigenvalue weighted by atomic mass is 19.1. The van der Waals surface area contributed by atoms with Crippen molar-refractivity contribution < 1.29 is 9.18 Å². The summed E-state index contributed by atoms with van der Waals surface area (Å²) in [7, 11) is 0. The number of rotatable bonds is 4. The molecule has 0 aliphatic heterocycles. The second kappa shape index (κ2) is 7.50. The Hall–Kier alpha value is -3.74. The van der Waals surface area contributed by atoms with E-state index in [0.717, 1.165) is 47.1 Å². The molecule has 0 spiro atoms. The number of halogens is 1. The number of nitrogens with two attached hydrogens (primary N) is 1. The smallest absolute Gasteiger partial charge is 0.228 e. The molecule has 0 atom stereocenters. The van der Waals surface area contributed by atoms with Gasteiger partial charge in [0.1, 0.15) is 17.7 Å². The maximum Gasteiger partial charge on any atom is 0.228 e. The highest BCUT2D eigenvalue weighted by Gasteiger charge is 2.25. The molecule has 6 nitrogen and oxygen atoms in total. The van der Waals surface area contributed by atoms with Crippen LogP contribution in [0.25, 0.3) is 16.7 Å². The average molecular weight is 415 g/mol. The molecule has 0 saturated heterocycles. The van der Waals surface area contributed by atoms with Crippen LogP contribution < -0.4 is 11.1 Å². The molecular formula is C24H22FN5O. The van der Waals surface area contributed by atoms with Gasteiger partial charge in [-0.15, -0.1) is 0 Å². The van der Waals surface area contributed by atoms with Gasteiger partial charge in [-0.25, -0.2) is 14.4 Å². The van der Waals surface area contributed by atoms with Crippen LogP contribution in [0.4, 0.5) is 15.9 Å². The summed E-state index contributed by atoms with van der Waals surface area (Å²) in [4.78, 5) is 21.1. The number of anilines is 2. The number of carbonyl (C=O) groups excluding carboxylic acids is 1. The van der Waals surface area contributed by atoms with Gasteiger partial charge in [0.25, 0.3) is 0 Å². The first kappa shape index (κ1) is 19.2. The SMILES string of the molecule is Cc1ccc(F)c(NC(=O)Cc2ccc(-n3c4c(c5ncnc(N)c53)CCC4)cc2)c1. The summed E-state index contributed by atoms with van der Waals surface area (Å²) in [6, 6.07) is 12.4. The third-order valence-electron chi connectivity index (χ3n) is 5.77. The third kappa shape index (κ3) is 3.42. The lowest BCUT2D eigenvalue weighted by atomic mass is 10.1. The quantitative estimate of drug-likeness (QED) is 0.525. The normalized spacial score (nSPS) is 12.8. The van der Waals surface area contributed by atoms with Crippen molar-refractivity contribution in [3.63, 3.8) is 0 Å². The zero-order valence-electron chi connectivity index (χ0n) is 17.2. The molecule has 0 unspecified atom stereocenters. The van der Waals surface area contributed by atoms with E-state index in [-0.39, 0.29) is 18.0 Å². The first-order valence-electron chi connectivity index (χ1n) is 10.3. The summed E-state index contributed by atoms with van der Waals surface area (Å²) >= 11 is 0. The summed E-state index contributed by atoms with van der Waals surface area (Å²) in [6.45, 7) is 1.85. The van der Waals surface area contributed by atoms with E-state index in [0.29, 0.717) is 5.82 Å². The zero-order chi connectivity index (χ0) is 21.5. The maximum absolute atomic E-state index is 13.9. The van der Waals surface area contributed by atoms with E-state index in [1.807, 2.05) is 31.2 Å². The number of nitrogens with zero attached hydrogens (tertiary/aromatic N) is 3. The second-order valence-corrected chi connectivity index (χ2v) is 7.95. The van der Waals surface area contributed by atoms with Crippen molar-refractivity contribution in [1.82, 2.24) is 14.5 Å². The number of aryl methyl sites for hydroxylation is 2. The number of hydrogen-bond acceptors (Lipinski definition) is 4. The number of carbonyl (C=O) groups is 1. The summed E-state index contributed by atoms with van der Waals surface area (Å²) in [5, 5.41) is 2.66. The fourth-order valence-corrected chi connectivity index (χ4v) is 4.36. The maximum atomic E-state index is 13.9. The van der Waals surface area contributed by atoms with E-state index in [9.17, 15) is 9.18 Å². The first-order valence-corrected chi connectivity index (χ1v) is 10.3. The Morgan fingerprint density at radius 3 is 2.77 bits per heavy atom. The van der Waals surface area contributed by atoms with E-state index in [4.69, 9.17) is 5.73 Å². The Bertz CT molecular complexity index is 1310. The first-order chi connectivity index (χ1) is 15.0. The van der Waals surface area contributed by atoms with E-state index >= 15 is 0 Å². The molecule has 2 heterocycles. The van der Waals surface area contributed by atoms with Gasteiger partial charge in [0.05, 0.1) is 17.6 Å². The van der Waals surface area contributed by atoms with Crippen LogP contribution in [-0.4, -0.2) is 20.4 Å². The number of benzene rings is 2. The minimum Gasteiger partial charge on any atom is -0.382 e. The summed E-state index contributed by atoms with van der Waals surface area (Å²) in [5.74, 6) is -0.243. The molecule has 1 amide bonds. The van der Waals surface area contributed by atoms with Gasteiger partial charge in [0.2, 0.25) is 5.91 Å². The monoisotopic (exact) mass is 415 g/mol. The van der Waals surface area contributed by atoms with Crippen LogP contribution in [0.2, 0.25) is 0 Å². The van der Waals surface area contributed by atoms with E-state index in [1.54, 1.807) is 12.1 Å². The predicted molar refractivity (Wildman–Crippen MR) is 119 cm³/mol. The van der Waals surface area contributed by atoms with E-state index < -0.39 is 5.82 Å². The molecule has 1 aliphatic carbocycles. The molecule has 3 N–H and O–H groups in total. The van der Waals surface area contributed by atoms with Crippen molar-refractivity contribution in [2.45, 2.75) is 32.6 Å². The molecule has 31 heavy (non-hydrogen) atoms. The van der Waals surface area contributed by atoms with Crippen molar-refractivity contribution >= 4 is 28.4 Å². The number of nitrogen functional groups attached to an aromatic ring is 1. The number of fused-ring (bicyclic) bond motifs is 3. The topological polar surface area (TPSA) is 85.8 Å². The van der Waals surface area contributed by atoms with Gasteiger partial charge >= 0.3 is 0 Å². The lowest BCUT2D eigenvalue weighted by Crippen LogP contribution is -2.15. The van der Waals surface area contributed by atoms with Gasteiger partial charge in [-0.2, -0.15) is 0 Å². The largest absolute Gasteiger partial charge is 0.382 e. The van der Waals surface area contributed by atoms with Crippen LogP contribution in [0.3, 0.4) is 0 Å². The Balaban J connectivity index is 1.41. The van der Waals surface area contributed by atoms with Gasteiger partial charge in [0.15, 0.2) is 5.82 Å². The number of aromatic nitrogens is 3. The average Bonchev–Trinajstić information content (AvgIpc) is 3.33. The molecule has 7 heteroatoms. The van der Waals surface area contributed by atoms with E-state index in [1.165, 1.54) is 23.7 Å². The summed E-state index contributed by atoms with van der Waals surface area (Å²) in [5.41, 5.74) is 13.3. The minimum atomic E-state index is -0.442. The van der Waals surface area contributed by atoms with Crippen LogP contribution >= 0.6 is 0 Å². The van der Waals surface area contributed by atoms with Gasteiger partial charge in [-0.3, -0.25) is 4.79 Å². The molecule has 2 aromatic heterocycles. The van der Waals surface area contributed by atoms with Gasteiger partial charge in [-0.05, 0) is 67.1 Å². The molecule has 1 aliphatic rings. The minimum absolute atomic E-state index is 0.156. The summed E-state index contributed by atoms with van der Waals surface area (Å²) < 4.78 is 16.0. The standard InChI is InChI=1S/C24H22FN5O/c1-14-5-10-18(25)19(11-14)29-21(31)12-15-6-8-16(9-7-15)30-20-4-2-3-17(20)22-23(30)24(26)28-13-27-22/h5-11,13H,2-4,12H2,1H3,(H,29,31)(H2,26,27,28). The van der Waals surface area contributed by atoms with Gasteiger partial charge in [-0.1, -0.05) is 18.2 Å². The fourth-order valence-electron chi connectivity index (χ4n) is 4.36. The van der Waals surface area contributed by atoms with Crippen molar-refractivity contribution in [3.8, 4) is 5.69 Å². The van der Waals surface area contributed by atoms with Crippen molar-refractivity contribution in [2.24, 2.45) is 0 Å². The van der Waals surface area contributed by atoms with Crippen molar-refractivity contribution in [2.75, 3.05) is 11.1 Å². The molecule has 0 fully saturated rings. The van der Waals surface area contributed by atoms with Crippen LogP contribution in [0.1, 0.15) is 28.8 Å². The summed E-state index contributed by atoms with van der Waals surface area (Å²) in [6.07, 6.45) is 4.72. The Morgan fingerprint density at radius 2 is 1.97 bits per heavy atom. The molecule has 0 radical (unpaired) electrons. The van der Waals surface area contributed by atoms with Crippen LogP contribution in [0, 0.1) is 12.7 Å². The Labute approximate surface area is 178 Å². The highest BCUT2D eigenvalue weighted by Crippen LogP contribution is 2.36. The molecule has 0 bridgehead atoms. The van der Waals surface area contributed by atoms with Crippen LogP contribution in [-0.2, 0) is 24.1 Å². The lowest BCUT2D eigenvalue weighted by molar-refractivity contribution is -0.115. The molecule has 0 saturated carbocycles. The van der Waals surface area contributed by atoms with E-state index in [2.05, 4.69) is 19.9 Å². The molecule has 156 valence electrons. The second-order valence-electron chi connectivity index (χ2n) is 7.95. The number of amides is 1. The molecular weight excluding hydrogens is 393 g/mol. The van der Waals surface area contributed by atoms with Crippen LogP contribution in [0.5, 0.6) is 0 Å². The molecule has 2 aromatic carbocycles. The van der Waals surface area contributed by atoms with Crippen LogP contribution in [0.15, 0.2) is 48.8 Å². The Kier molecular flexibility index (Phi) is 4.66. The zero-order valence-corrected chi connectivity index (χ0v) is 17.2. The fraction of sp³-hybridized carbons (Fsp3) is 0.208. The Morgan fingerprint density at radius 1 is 1.16 bits per heavy atom. The third-order valence-corrected chi connectivity index (χ3v) is 5.77. The lowest BCUT2D eigenvalue weighted by Gasteiger charge is -2.12. The predicted octanol–water partition coefficient (Wildman–Crippen LogP) is 4.12. The molecule has 5 rings (SSSR count). The molecule has 4 aromatic rings. The van der Waals surface area contributed by atoms with Gasteiger partial charge < -0.3 is 15.6 Å². The van der Waals surface area contributed by atoms with Crippen molar-refractivity contribution in [3.05, 3.63) is 77.0 Å². The highest BCUT2D eigenvalue weighted by molar-refractivity contribution is 5.93. The van der Waals surface area contributed by atoms with Crippen molar-refractivity contribution in [1.29, 1.82) is 0 Å².